The van der Waals surface area contributed by atoms with Crippen molar-refractivity contribution >= 4 is 0 Å². The van der Waals surface area contributed by atoms with Crippen LogP contribution in [-0.2, 0) is 0 Å². The van der Waals surface area contributed by atoms with Crippen molar-refractivity contribution < 1.29 is 0 Å². The first-order valence-corrected chi connectivity index (χ1v) is 4.96. The van der Waals surface area contributed by atoms with E-state index in [1.54, 1.807) is 6.07 Å². The molecule has 0 fully saturated rings. The molecule has 16 heavy (non-hydrogen) atoms. The van der Waals surface area contributed by atoms with Crippen molar-refractivity contribution in [2.45, 2.75) is 0 Å². The zero-order valence-electron chi connectivity index (χ0n) is 8.44. The number of nitrogens with zero attached hydrogens (tertiary/aromatic N) is 2. The van der Waals surface area contributed by atoms with E-state index in [1.807, 2.05) is 24.4 Å². The van der Waals surface area contributed by atoms with E-state index in [2.05, 4.69) is 38.7 Å². The summed E-state index contributed by atoms with van der Waals surface area (Å²) >= 11 is 0. The van der Waals surface area contributed by atoms with Crippen molar-refractivity contribution in [3.05, 3.63) is 48.8 Å². The molecule has 1 radical (unpaired) electrons. The summed E-state index contributed by atoms with van der Waals surface area (Å²) in [5, 5.41) is 13.8. The van der Waals surface area contributed by atoms with Crippen LogP contribution in [0.3, 0.4) is 0 Å². The highest BCUT2D eigenvalue weighted by molar-refractivity contribution is 5.78. The van der Waals surface area contributed by atoms with Gasteiger partial charge in [-0.3, -0.25) is 10.2 Å². The van der Waals surface area contributed by atoms with Crippen LogP contribution in [0.25, 0.3) is 22.5 Å². The largest absolute Gasteiger partial charge is 0.284 e. The van der Waals surface area contributed by atoms with Crippen LogP contribution in [0.2, 0.25) is 0 Å². The van der Waals surface area contributed by atoms with Gasteiger partial charge in [0.15, 0.2) is 0 Å². The molecule has 3 aromatic rings. The molecule has 0 saturated carbocycles. The Balaban J connectivity index is 2.14. The first-order chi connectivity index (χ1) is 7.95. The van der Waals surface area contributed by atoms with E-state index < -0.39 is 0 Å². The molecule has 2 N–H and O–H groups in total. The van der Waals surface area contributed by atoms with Crippen LogP contribution in [0, 0.1) is 6.20 Å². The second kappa shape index (κ2) is 3.66. The van der Waals surface area contributed by atoms with Crippen LogP contribution in [-0.4, -0.2) is 20.4 Å². The van der Waals surface area contributed by atoms with Crippen molar-refractivity contribution in [3.8, 4) is 22.5 Å². The topological polar surface area (TPSA) is 57.4 Å². The second-order valence-corrected chi connectivity index (χ2v) is 3.42. The molecule has 0 aliphatic rings. The summed E-state index contributed by atoms with van der Waals surface area (Å²) in [7, 11) is 0. The third kappa shape index (κ3) is 1.40. The van der Waals surface area contributed by atoms with Gasteiger partial charge in [0.1, 0.15) is 11.9 Å². The summed E-state index contributed by atoms with van der Waals surface area (Å²) in [5.41, 5.74) is 3.90. The Labute approximate surface area is 92.3 Å². The number of rotatable bonds is 2. The first kappa shape index (κ1) is 8.91. The van der Waals surface area contributed by atoms with Crippen LogP contribution in [0.5, 0.6) is 0 Å². The van der Waals surface area contributed by atoms with Crippen LogP contribution in [0.4, 0.5) is 0 Å². The quantitative estimate of drug-likeness (QED) is 0.680. The Morgan fingerprint density at radius 1 is 1.12 bits per heavy atom. The summed E-state index contributed by atoms with van der Waals surface area (Å²) in [6.07, 6.45) is 4.62. The number of nitrogens with one attached hydrogen (secondary N) is 2. The molecular formula is C12H9N4. The maximum absolute atomic E-state index is 4.22. The van der Waals surface area contributed by atoms with Crippen molar-refractivity contribution in [1.29, 1.82) is 0 Å². The Hall–Kier alpha value is -2.36. The van der Waals surface area contributed by atoms with Gasteiger partial charge in [-0.1, -0.05) is 30.3 Å². The Morgan fingerprint density at radius 2 is 2.00 bits per heavy atom. The van der Waals surface area contributed by atoms with E-state index >= 15 is 0 Å². The van der Waals surface area contributed by atoms with Gasteiger partial charge in [0.05, 0.1) is 5.69 Å². The van der Waals surface area contributed by atoms with Crippen molar-refractivity contribution in [3.63, 3.8) is 0 Å². The fraction of sp³-hybridized carbons (Fsp3) is 0. The SMILES string of the molecule is [c]1cc(-c2n[nH]cc2-c2ccccc2)[nH]n1. The highest BCUT2D eigenvalue weighted by Crippen LogP contribution is 2.27. The number of hydrogen-bond donors (Lipinski definition) is 2. The first-order valence-electron chi connectivity index (χ1n) is 4.96. The van der Waals surface area contributed by atoms with Crippen LogP contribution >= 0.6 is 0 Å². The zero-order chi connectivity index (χ0) is 10.8. The van der Waals surface area contributed by atoms with Gasteiger partial charge < -0.3 is 0 Å². The molecule has 4 nitrogen and oxygen atoms in total. The van der Waals surface area contributed by atoms with Crippen molar-refractivity contribution in [2.75, 3.05) is 0 Å². The minimum atomic E-state index is 0.861. The summed E-state index contributed by atoms with van der Waals surface area (Å²) in [5.74, 6) is 0. The minimum Gasteiger partial charge on any atom is -0.284 e. The smallest absolute Gasteiger partial charge is 0.118 e. The molecule has 2 aromatic heterocycles. The molecule has 2 heterocycles. The van der Waals surface area contributed by atoms with E-state index in [4.69, 9.17) is 0 Å². The number of benzene rings is 1. The van der Waals surface area contributed by atoms with E-state index in [0.29, 0.717) is 0 Å². The lowest BCUT2D eigenvalue weighted by atomic mass is 10.1. The lowest BCUT2D eigenvalue weighted by Crippen LogP contribution is -1.82. The van der Waals surface area contributed by atoms with Crippen LogP contribution < -0.4 is 0 Å². The highest BCUT2D eigenvalue weighted by Gasteiger charge is 2.10. The van der Waals surface area contributed by atoms with Gasteiger partial charge in [-0.2, -0.15) is 10.2 Å². The van der Waals surface area contributed by atoms with E-state index in [9.17, 15) is 0 Å². The monoisotopic (exact) mass is 209 g/mol. The fourth-order valence-corrected chi connectivity index (χ4v) is 1.68. The number of H-pyrrole nitrogens is 2. The number of aromatic amines is 2. The van der Waals surface area contributed by atoms with E-state index in [1.165, 1.54) is 0 Å². The predicted octanol–water partition coefficient (Wildman–Crippen LogP) is 2.27. The summed E-state index contributed by atoms with van der Waals surface area (Å²) in [6.45, 7) is 0. The normalized spacial score (nSPS) is 10.5. The molecule has 4 heteroatoms. The Kier molecular flexibility index (Phi) is 2.04. The Bertz CT molecular complexity index is 566. The minimum absolute atomic E-state index is 0.861. The molecule has 0 spiro atoms. The molecule has 0 saturated heterocycles. The lowest BCUT2D eigenvalue weighted by molar-refractivity contribution is 1.05. The molecule has 1 aromatic carbocycles. The van der Waals surface area contributed by atoms with E-state index in [0.717, 1.165) is 22.5 Å². The Morgan fingerprint density at radius 3 is 2.75 bits per heavy atom. The molecular weight excluding hydrogens is 200 g/mol. The van der Waals surface area contributed by atoms with Gasteiger partial charge in [-0.15, -0.1) is 0 Å². The highest BCUT2D eigenvalue weighted by atomic mass is 15.2. The predicted molar refractivity (Wildman–Crippen MR) is 60.4 cm³/mol. The third-order valence-electron chi connectivity index (χ3n) is 2.43. The maximum Gasteiger partial charge on any atom is 0.118 e. The molecule has 0 bridgehead atoms. The molecule has 0 atom stereocenters. The second-order valence-electron chi connectivity index (χ2n) is 3.42. The lowest BCUT2D eigenvalue weighted by Gasteiger charge is -1.99. The van der Waals surface area contributed by atoms with Crippen LogP contribution in [0.1, 0.15) is 0 Å². The van der Waals surface area contributed by atoms with Gasteiger partial charge in [-0.25, -0.2) is 0 Å². The molecule has 3 rings (SSSR count). The van der Waals surface area contributed by atoms with Crippen molar-refractivity contribution in [1.82, 2.24) is 20.4 Å². The average molecular weight is 209 g/mol. The molecule has 0 aliphatic heterocycles. The van der Waals surface area contributed by atoms with Crippen LogP contribution in [0.15, 0.2) is 42.6 Å². The molecule has 0 aliphatic carbocycles. The summed E-state index contributed by atoms with van der Waals surface area (Å²) in [4.78, 5) is 0. The van der Waals surface area contributed by atoms with Gasteiger partial charge in [0, 0.05) is 11.8 Å². The summed E-state index contributed by atoms with van der Waals surface area (Å²) < 4.78 is 0. The van der Waals surface area contributed by atoms with Gasteiger partial charge in [0.25, 0.3) is 0 Å². The maximum atomic E-state index is 4.22. The zero-order valence-corrected chi connectivity index (χ0v) is 8.44. The van der Waals surface area contributed by atoms with Gasteiger partial charge >= 0.3 is 0 Å². The third-order valence-corrected chi connectivity index (χ3v) is 2.43. The average Bonchev–Trinajstić information content (AvgIpc) is 3.01. The van der Waals surface area contributed by atoms with Gasteiger partial charge in [0.2, 0.25) is 0 Å². The van der Waals surface area contributed by atoms with Crippen molar-refractivity contribution in [2.24, 2.45) is 0 Å². The fourth-order valence-electron chi connectivity index (χ4n) is 1.68. The van der Waals surface area contributed by atoms with E-state index in [-0.39, 0.29) is 0 Å². The number of hydrogen-bond acceptors (Lipinski definition) is 2. The summed E-state index contributed by atoms with van der Waals surface area (Å²) in [6, 6.07) is 11.9. The molecule has 0 amide bonds. The van der Waals surface area contributed by atoms with Gasteiger partial charge in [-0.05, 0) is 11.6 Å². The number of aromatic nitrogens is 4. The molecule has 0 unspecified atom stereocenters. The standard InChI is InChI=1S/C12H9N4/c1-2-4-9(5-3-1)10-8-14-16-12(10)11-6-7-13-15-11/h1-6,8H,(H,13,15)(H,14,16). The molecule has 77 valence electrons.